The second kappa shape index (κ2) is 12.2. The van der Waals surface area contributed by atoms with Crippen molar-refractivity contribution >= 4 is 17.6 Å². The van der Waals surface area contributed by atoms with Gasteiger partial charge in [0.1, 0.15) is 0 Å². The predicted molar refractivity (Wildman–Crippen MR) is 107 cm³/mol. The Morgan fingerprint density at radius 2 is 0.654 bits per heavy atom. The molecule has 0 aliphatic heterocycles. The number of allylic oxidation sites excluding steroid dienone is 4. The molecule has 1 aliphatic carbocycles. The van der Waals surface area contributed by atoms with Crippen LogP contribution < -0.4 is 0 Å². The lowest BCUT2D eigenvalue weighted by Gasteiger charge is -2.36. The molecular formula is C18H36O6Si2. The van der Waals surface area contributed by atoms with Crippen molar-refractivity contribution in [2.24, 2.45) is 0 Å². The monoisotopic (exact) mass is 404 g/mol. The first-order valence-electron chi connectivity index (χ1n) is 9.78. The van der Waals surface area contributed by atoms with E-state index in [1.54, 1.807) is 0 Å². The Bertz CT molecular complexity index is 357. The normalized spacial score (nSPS) is 20.7. The Kier molecular flexibility index (Phi) is 11.1. The summed E-state index contributed by atoms with van der Waals surface area (Å²) >= 11 is 0. The quantitative estimate of drug-likeness (QED) is 0.323. The average molecular weight is 405 g/mol. The van der Waals surface area contributed by atoms with Gasteiger partial charge in [0.05, 0.1) is 11.1 Å². The molecule has 0 aromatic rings. The summed E-state index contributed by atoms with van der Waals surface area (Å²) < 4.78 is 36.1. The van der Waals surface area contributed by atoms with Crippen LogP contribution in [0.25, 0.3) is 0 Å². The lowest BCUT2D eigenvalue weighted by Crippen LogP contribution is -2.52. The van der Waals surface area contributed by atoms with E-state index in [1.165, 1.54) is 0 Å². The zero-order chi connectivity index (χ0) is 19.5. The van der Waals surface area contributed by atoms with Crippen LogP contribution in [0.4, 0.5) is 0 Å². The highest BCUT2D eigenvalue weighted by atomic mass is 28.4. The molecule has 0 unspecified atom stereocenters. The third kappa shape index (κ3) is 5.83. The van der Waals surface area contributed by atoms with Crippen LogP contribution >= 0.6 is 0 Å². The van der Waals surface area contributed by atoms with Crippen molar-refractivity contribution in [2.75, 3.05) is 39.6 Å². The van der Waals surface area contributed by atoms with Crippen LogP contribution in [0.15, 0.2) is 24.3 Å². The first kappa shape index (κ1) is 23.7. The molecule has 0 atom stereocenters. The number of hydrogen-bond acceptors (Lipinski definition) is 6. The number of rotatable bonds is 14. The summed E-state index contributed by atoms with van der Waals surface area (Å²) in [5.41, 5.74) is -0.0367. The van der Waals surface area contributed by atoms with E-state index in [0.29, 0.717) is 39.6 Å². The van der Waals surface area contributed by atoms with Crippen molar-refractivity contribution < 1.29 is 26.6 Å². The minimum Gasteiger partial charge on any atom is -0.373 e. The van der Waals surface area contributed by atoms with Gasteiger partial charge in [0, 0.05) is 39.6 Å². The first-order valence-corrected chi connectivity index (χ1v) is 13.4. The largest absolute Gasteiger partial charge is 0.512 e. The second-order valence-corrected chi connectivity index (χ2v) is 11.1. The Morgan fingerprint density at radius 3 is 0.808 bits per heavy atom. The van der Waals surface area contributed by atoms with Gasteiger partial charge in [-0.05, 0) is 41.5 Å². The fourth-order valence-electron chi connectivity index (χ4n) is 3.11. The molecule has 0 aromatic carbocycles. The molecule has 0 bridgehead atoms. The van der Waals surface area contributed by atoms with Gasteiger partial charge in [-0.1, -0.05) is 24.3 Å². The van der Waals surface area contributed by atoms with Gasteiger partial charge >= 0.3 is 17.6 Å². The maximum atomic E-state index is 6.02. The maximum Gasteiger partial charge on any atom is 0.512 e. The van der Waals surface area contributed by atoms with Crippen molar-refractivity contribution in [1.29, 1.82) is 0 Å². The molecule has 0 amide bonds. The molecule has 0 spiro atoms. The van der Waals surface area contributed by atoms with Gasteiger partial charge in [0.25, 0.3) is 0 Å². The molecular weight excluding hydrogens is 368 g/mol. The molecule has 152 valence electrons. The van der Waals surface area contributed by atoms with E-state index >= 15 is 0 Å². The summed E-state index contributed by atoms with van der Waals surface area (Å²) in [6, 6.07) is 0. The third-order valence-corrected chi connectivity index (χ3v) is 10.5. The topological polar surface area (TPSA) is 55.4 Å². The SMILES string of the molecule is CCO[Si](OCC)(OCC)C1C=CC([Si](OCC)(OCC)OCC)C=C1. The van der Waals surface area contributed by atoms with Crippen molar-refractivity contribution in [2.45, 2.75) is 52.6 Å². The molecule has 0 saturated carbocycles. The molecule has 8 heteroatoms. The van der Waals surface area contributed by atoms with E-state index in [4.69, 9.17) is 26.6 Å². The molecule has 26 heavy (non-hydrogen) atoms. The summed E-state index contributed by atoms with van der Waals surface area (Å²) in [6.07, 6.45) is 8.43. The first-order chi connectivity index (χ1) is 12.6. The van der Waals surface area contributed by atoms with Crippen LogP contribution in [0, 0.1) is 0 Å². The number of hydrogen-bond donors (Lipinski definition) is 0. The highest BCUT2D eigenvalue weighted by Crippen LogP contribution is 2.38. The van der Waals surface area contributed by atoms with E-state index in [9.17, 15) is 0 Å². The van der Waals surface area contributed by atoms with Crippen molar-refractivity contribution in [3.8, 4) is 0 Å². The van der Waals surface area contributed by atoms with Crippen LogP contribution in [-0.4, -0.2) is 57.3 Å². The van der Waals surface area contributed by atoms with Crippen LogP contribution in [0.1, 0.15) is 41.5 Å². The summed E-state index contributed by atoms with van der Waals surface area (Å²) in [4.78, 5) is 0. The van der Waals surface area contributed by atoms with Crippen molar-refractivity contribution in [3.05, 3.63) is 24.3 Å². The smallest absolute Gasteiger partial charge is 0.373 e. The second-order valence-electron chi connectivity index (χ2n) is 5.63. The minimum absolute atomic E-state index is 0.0184. The van der Waals surface area contributed by atoms with Crippen LogP contribution in [-0.2, 0) is 26.6 Å². The van der Waals surface area contributed by atoms with Crippen LogP contribution in [0.2, 0.25) is 11.1 Å². The Balaban J connectivity index is 3.07. The average Bonchev–Trinajstić information content (AvgIpc) is 2.63. The lowest BCUT2D eigenvalue weighted by atomic mass is 10.2. The summed E-state index contributed by atoms with van der Waals surface area (Å²) in [5.74, 6) is 0. The third-order valence-electron chi connectivity index (χ3n) is 3.94. The fourth-order valence-corrected chi connectivity index (χ4v) is 8.57. The molecule has 1 rings (SSSR count). The van der Waals surface area contributed by atoms with Crippen LogP contribution in [0.5, 0.6) is 0 Å². The molecule has 0 fully saturated rings. The van der Waals surface area contributed by atoms with Crippen molar-refractivity contribution in [1.82, 2.24) is 0 Å². The fraction of sp³-hybridized carbons (Fsp3) is 0.778. The Labute approximate surface area is 161 Å². The molecule has 0 N–H and O–H groups in total. The standard InChI is InChI=1S/C18H36O6Si2/c1-7-19-25(20-8-2,21-9-3)17-13-15-18(16-14-17)26(22-10-4,23-11-5)24-12-6/h13-18H,7-12H2,1-6H3. The Hall–Kier alpha value is -0.326. The maximum absolute atomic E-state index is 6.02. The molecule has 0 heterocycles. The zero-order valence-electron chi connectivity index (χ0n) is 17.2. The van der Waals surface area contributed by atoms with Gasteiger partial charge in [-0.15, -0.1) is 0 Å². The predicted octanol–water partition coefficient (Wildman–Crippen LogP) is 3.95. The van der Waals surface area contributed by atoms with Crippen LogP contribution in [0.3, 0.4) is 0 Å². The lowest BCUT2D eigenvalue weighted by molar-refractivity contribution is 0.0656. The molecule has 0 saturated heterocycles. The summed E-state index contributed by atoms with van der Waals surface area (Å²) in [6.45, 7) is 15.2. The van der Waals surface area contributed by atoms with E-state index in [0.717, 1.165) is 0 Å². The minimum atomic E-state index is -2.82. The molecule has 6 nitrogen and oxygen atoms in total. The van der Waals surface area contributed by atoms with Gasteiger partial charge in [0.2, 0.25) is 0 Å². The van der Waals surface area contributed by atoms with Crippen molar-refractivity contribution in [3.63, 3.8) is 0 Å². The van der Waals surface area contributed by atoms with Gasteiger partial charge < -0.3 is 26.6 Å². The van der Waals surface area contributed by atoms with Gasteiger partial charge in [-0.2, -0.15) is 0 Å². The zero-order valence-corrected chi connectivity index (χ0v) is 19.2. The Morgan fingerprint density at radius 1 is 0.462 bits per heavy atom. The summed E-state index contributed by atoms with van der Waals surface area (Å²) in [7, 11) is -5.64. The molecule has 0 aromatic heterocycles. The summed E-state index contributed by atoms with van der Waals surface area (Å²) in [5, 5.41) is 0. The van der Waals surface area contributed by atoms with E-state index in [1.807, 2.05) is 41.5 Å². The van der Waals surface area contributed by atoms with Gasteiger partial charge in [0.15, 0.2) is 0 Å². The molecule has 1 aliphatic rings. The van der Waals surface area contributed by atoms with E-state index < -0.39 is 17.6 Å². The highest BCUT2D eigenvalue weighted by molar-refractivity contribution is 6.65. The van der Waals surface area contributed by atoms with E-state index in [2.05, 4.69) is 24.3 Å². The van der Waals surface area contributed by atoms with Gasteiger partial charge in [-0.25, -0.2) is 0 Å². The van der Waals surface area contributed by atoms with Gasteiger partial charge in [-0.3, -0.25) is 0 Å². The molecule has 0 radical (unpaired) electrons. The van der Waals surface area contributed by atoms with E-state index in [-0.39, 0.29) is 11.1 Å². The highest BCUT2D eigenvalue weighted by Gasteiger charge is 2.51.